The predicted molar refractivity (Wildman–Crippen MR) is 141 cm³/mol. The second-order valence-electron chi connectivity index (χ2n) is 8.21. The summed E-state index contributed by atoms with van der Waals surface area (Å²) < 4.78 is 24.4. The second kappa shape index (κ2) is 13.0. The summed E-state index contributed by atoms with van der Waals surface area (Å²) in [6, 6.07) is 23.7. The summed E-state index contributed by atoms with van der Waals surface area (Å²) in [7, 11) is 1.70. The van der Waals surface area contributed by atoms with Crippen LogP contribution >= 0.6 is 0 Å². The molecule has 0 bridgehead atoms. The fourth-order valence-electron chi connectivity index (χ4n) is 3.74. The maximum Gasteiger partial charge on any atom is 0.414 e. The molecule has 11 heteroatoms. The standard InChI is InChI=1S/C26H25N3O4.C2H2O4/c1-30-13-12-29-23(20-10-11-24-25(15-20)32-18-31-24)17-28-26(29)27-16-19-6-5-9-22(14-19)33-21-7-3-2-4-8-21;3-1(4)2(5)6/h2-11,14-15,17H,12-13,16,18H2,1H3,(H,27,28);(H,3,4)(H,5,6). The first kappa shape index (κ1) is 27.0. The second-order valence-corrected chi connectivity index (χ2v) is 8.21. The summed E-state index contributed by atoms with van der Waals surface area (Å²) in [6.07, 6.45) is 1.87. The van der Waals surface area contributed by atoms with Gasteiger partial charge >= 0.3 is 11.9 Å². The largest absolute Gasteiger partial charge is 0.473 e. The number of hydrogen-bond donors (Lipinski definition) is 3. The smallest absolute Gasteiger partial charge is 0.414 e. The van der Waals surface area contributed by atoms with Gasteiger partial charge in [-0.2, -0.15) is 0 Å². The first-order valence-electron chi connectivity index (χ1n) is 11.9. The average molecular weight is 534 g/mol. The molecular formula is C28H27N3O8. The van der Waals surface area contributed by atoms with Gasteiger partial charge in [0, 0.05) is 25.8 Å². The summed E-state index contributed by atoms with van der Waals surface area (Å²) in [6.45, 7) is 2.10. The fourth-order valence-corrected chi connectivity index (χ4v) is 3.74. The molecule has 0 saturated heterocycles. The lowest BCUT2D eigenvalue weighted by atomic mass is 10.1. The van der Waals surface area contributed by atoms with E-state index in [9.17, 15) is 0 Å². The molecule has 0 spiro atoms. The Bertz CT molecular complexity index is 1410. The van der Waals surface area contributed by atoms with Crippen molar-refractivity contribution in [3.05, 3.63) is 84.6 Å². The molecule has 0 atom stereocenters. The monoisotopic (exact) mass is 533 g/mol. The molecule has 2 heterocycles. The van der Waals surface area contributed by atoms with Gasteiger partial charge in [0.05, 0.1) is 18.5 Å². The number of rotatable bonds is 9. The Morgan fingerprint density at radius 3 is 2.44 bits per heavy atom. The molecule has 1 aliphatic heterocycles. The number of carbonyl (C=O) groups is 2. The van der Waals surface area contributed by atoms with Gasteiger partial charge in [0.1, 0.15) is 11.5 Å². The van der Waals surface area contributed by atoms with Crippen molar-refractivity contribution in [3.8, 4) is 34.3 Å². The first-order valence-corrected chi connectivity index (χ1v) is 11.9. The van der Waals surface area contributed by atoms with Crippen molar-refractivity contribution in [1.29, 1.82) is 0 Å². The minimum atomic E-state index is -1.82. The summed E-state index contributed by atoms with van der Waals surface area (Å²) in [5.41, 5.74) is 3.08. The number of aromatic nitrogens is 2. The van der Waals surface area contributed by atoms with Crippen LogP contribution in [0.3, 0.4) is 0 Å². The van der Waals surface area contributed by atoms with Crippen molar-refractivity contribution >= 4 is 17.9 Å². The van der Waals surface area contributed by atoms with Gasteiger partial charge < -0.3 is 39.0 Å². The third-order valence-corrected chi connectivity index (χ3v) is 5.55. The molecule has 1 aliphatic rings. The third-order valence-electron chi connectivity index (χ3n) is 5.55. The van der Waals surface area contributed by atoms with E-state index in [0.29, 0.717) is 19.7 Å². The molecule has 0 radical (unpaired) electrons. The van der Waals surface area contributed by atoms with Crippen LogP contribution in [-0.2, 0) is 27.4 Å². The first-order chi connectivity index (χ1) is 18.9. The van der Waals surface area contributed by atoms with Gasteiger partial charge in [-0.1, -0.05) is 30.3 Å². The van der Waals surface area contributed by atoms with Crippen molar-refractivity contribution in [3.63, 3.8) is 0 Å². The maximum absolute atomic E-state index is 9.10. The van der Waals surface area contributed by atoms with E-state index in [1.54, 1.807) is 7.11 Å². The molecular weight excluding hydrogens is 506 g/mol. The van der Waals surface area contributed by atoms with E-state index in [2.05, 4.69) is 20.9 Å². The highest BCUT2D eigenvalue weighted by Crippen LogP contribution is 2.36. The predicted octanol–water partition coefficient (Wildman–Crippen LogP) is 4.49. The molecule has 39 heavy (non-hydrogen) atoms. The van der Waals surface area contributed by atoms with Crippen molar-refractivity contribution in [1.82, 2.24) is 9.55 Å². The zero-order valence-corrected chi connectivity index (χ0v) is 21.1. The molecule has 4 aromatic rings. The Balaban J connectivity index is 0.000000531. The molecule has 0 saturated carbocycles. The minimum absolute atomic E-state index is 0.252. The SMILES string of the molecule is COCCn1c(-c2ccc3c(c2)OCO3)cnc1NCc1cccc(Oc2ccccc2)c1.O=C(O)C(=O)O. The molecule has 5 rings (SSSR count). The normalized spacial score (nSPS) is 11.3. The highest BCUT2D eigenvalue weighted by molar-refractivity contribution is 6.27. The van der Waals surface area contributed by atoms with Crippen LogP contribution in [0.1, 0.15) is 5.56 Å². The van der Waals surface area contributed by atoms with E-state index >= 15 is 0 Å². The molecule has 0 unspecified atom stereocenters. The topological polar surface area (TPSA) is 141 Å². The van der Waals surface area contributed by atoms with Crippen molar-refractivity contribution in [2.75, 3.05) is 25.8 Å². The van der Waals surface area contributed by atoms with Crippen LogP contribution in [0.5, 0.6) is 23.0 Å². The summed E-state index contributed by atoms with van der Waals surface area (Å²) in [4.78, 5) is 22.8. The van der Waals surface area contributed by atoms with E-state index in [-0.39, 0.29) is 6.79 Å². The summed E-state index contributed by atoms with van der Waals surface area (Å²) in [5.74, 6) is 0.240. The molecule has 202 valence electrons. The van der Waals surface area contributed by atoms with E-state index in [1.165, 1.54) is 0 Å². The fraction of sp³-hybridized carbons (Fsp3) is 0.179. The zero-order chi connectivity index (χ0) is 27.6. The average Bonchev–Trinajstić information content (AvgIpc) is 3.58. The number of aliphatic carboxylic acids is 2. The number of carboxylic acids is 2. The number of nitrogens with zero attached hydrogens (tertiary/aromatic N) is 2. The van der Waals surface area contributed by atoms with E-state index in [4.69, 9.17) is 38.7 Å². The number of anilines is 1. The number of benzene rings is 3. The molecule has 0 amide bonds. The molecule has 0 aliphatic carbocycles. The van der Waals surface area contributed by atoms with Crippen LogP contribution in [0.15, 0.2) is 79.0 Å². The van der Waals surface area contributed by atoms with Crippen LogP contribution in [0.2, 0.25) is 0 Å². The molecule has 3 aromatic carbocycles. The highest BCUT2D eigenvalue weighted by Gasteiger charge is 2.17. The van der Waals surface area contributed by atoms with Gasteiger partial charge in [-0.15, -0.1) is 0 Å². The van der Waals surface area contributed by atoms with Gasteiger partial charge in [0.25, 0.3) is 0 Å². The van der Waals surface area contributed by atoms with Gasteiger partial charge in [0.2, 0.25) is 12.7 Å². The van der Waals surface area contributed by atoms with Crippen molar-refractivity contribution < 1.29 is 38.7 Å². The lowest BCUT2D eigenvalue weighted by Crippen LogP contribution is -2.11. The zero-order valence-electron chi connectivity index (χ0n) is 21.1. The molecule has 11 nitrogen and oxygen atoms in total. The van der Waals surface area contributed by atoms with E-state index in [1.807, 2.05) is 72.9 Å². The molecule has 3 N–H and O–H groups in total. The van der Waals surface area contributed by atoms with E-state index < -0.39 is 11.9 Å². The Morgan fingerprint density at radius 1 is 0.949 bits per heavy atom. The Labute approximate surface area is 224 Å². The summed E-state index contributed by atoms with van der Waals surface area (Å²) in [5, 5.41) is 18.2. The summed E-state index contributed by atoms with van der Waals surface area (Å²) >= 11 is 0. The number of para-hydroxylation sites is 1. The third kappa shape index (κ3) is 7.27. The number of nitrogens with one attached hydrogen (secondary N) is 1. The van der Waals surface area contributed by atoms with Gasteiger partial charge in [-0.25, -0.2) is 14.6 Å². The van der Waals surface area contributed by atoms with E-state index in [0.717, 1.165) is 45.8 Å². The van der Waals surface area contributed by atoms with Gasteiger partial charge in [0.15, 0.2) is 11.5 Å². The number of carboxylic acid groups (broad SMARTS) is 2. The highest BCUT2D eigenvalue weighted by atomic mass is 16.7. The lowest BCUT2D eigenvalue weighted by molar-refractivity contribution is -0.159. The Hall–Kier alpha value is -5.03. The van der Waals surface area contributed by atoms with Crippen LogP contribution in [0.4, 0.5) is 5.95 Å². The number of hydrogen-bond acceptors (Lipinski definition) is 8. The van der Waals surface area contributed by atoms with Crippen LogP contribution < -0.4 is 19.5 Å². The van der Waals surface area contributed by atoms with Gasteiger partial charge in [-0.05, 0) is 48.0 Å². The van der Waals surface area contributed by atoms with Crippen LogP contribution in [0, 0.1) is 0 Å². The van der Waals surface area contributed by atoms with Crippen LogP contribution in [0.25, 0.3) is 11.3 Å². The number of ether oxygens (including phenoxy) is 4. The number of methoxy groups -OCH3 is 1. The van der Waals surface area contributed by atoms with Crippen molar-refractivity contribution in [2.24, 2.45) is 0 Å². The Morgan fingerprint density at radius 2 is 1.69 bits per heavy atom. The van der Waals surface area contributed by atoms with Crippen LogP contribution in [-0.4, -0.2) is 52.2 Å². The quantitative estimate of drug-likeness (QED) is 0.264. The number of fused-ring (bicyclic) bond motifs is 1. The Kier molecular flexibility index (Phi) is 8.99. The number of imidazole rings is 1. The lowest BCUT2D eigenvalue weighted by Gasteiger charge is -2.14. The molecule has 0 fully saturated rings. The minimum Gasteiger partial charge on any atom is -0.473 e. The van der Waals surface area contributed by atoms with Crippen molar-refractivity contribution in [2.45, 2.75) is 13.1 Å². The molecule has 1 aromatic heterocycles. The van der Waals surface area contributed by atoms with Gasteiger partial charge in [-0.3, -0.25) is 0 Å². The maximum atomic E-state index is 9.10.